The van der Waals surface area contributed by atoms with Crippen LogP contribution in [0.25, 0.3) is 0 Å². The van der Waals surface area contributed by atoms with E-state index in [2.05, 4.69) is 27.1 Å². The number of piperazine rings is 1. The summed E-state index contributed by atoms with van der Waals surface area (Å²) in [5.74, 6) is 1.34. The van der Waals surface area contributed by atoms with Gasteiger partial charge in [0.15, 0.2) is 0 Å². The number of fused-ring (bicyclic) bond motifs is 1. The van der Waals surface area contributed by atoms with Crippen molar-refractivity contribution in [3.63, 3.8) is 0 Å². The molecule has 2 heterocycles. The summed E-state index contributed by atoms with van der Waals surface area (Å²) in [6.07, 6.45) is 6.29. The van der Waals surface area contributed by atoms with Crippen molar-refractivity contribution < 1.29 is 9.18 Å². The molecule has 1 amide bonds. The molecule has 5 rings (SSSR count). The fourth-order valence-electron chi connectivity index (χ4n) is 5.06. The van der Waals surface area contributed by atoms with E-state index in [1.54, 1.807) is 18.5 Å². The zero-order valence-electron chi connectivity index (χ0n) is 19.1. The number of carbonyl (C=O) groups is 1. The molecule has 2 fully saturated rings. The fourth-order valence-corrected chi connectivity index (χ4v) is 5.18. The number of hydrogen-bond acceptors (Lipinski definition) is 5. The van der Waals surface area contributed by atoms with Crippen LogP contribution in [0.3, 0.4) is 0 Å². The summed E-state index contributed by atoms with van der Waals surface area (Å²) in [6, 6.07) is 4.72. The highest BCUT2D eigenvalue weighted by Crippen LogP contribution is 2.37. The van der Waals surface area contributed by atoms with Crippen molar-refractivity contribution in [2.75, 3.05) is 44.2 Å². The van der Waals surface area contributed by atoms with E-state index in [4.69, 9.17) is 11.6 Å². The van der Waals surface area contributed by atoms with E-state index in [0.29, 0.717) is 37.0 Å². The lowest BCUT2D eigenvalue weighted by Gasteiger charge is -2.38. The van der Waals surface area contributed by atoms with Gasteiger partial charge in [-0.3, -0.25) is 4.79 Å². The Bertz CT molecular complexity index is 1020. The van der Waals surface area contributed by atoms with Gasteiger partial charge in [0.2, 0.25) is 5.91 Å². The van der Waals surface area contributed by atoms with Gasteiger partial charge in [-0.05, 0) is 61.8 Å². The summed E-state index contributed by atoms with van der Waals surface area (Å²) in [6.45, 7) is 6.38. The molecule has 6 nitrogen and oxygen atoms in total. The smallest absolute Gasteiger partial charge is 0.231 e. The third kappa shape index (κ3) is 4.85. The largest absolute Gasteiger partial charge is 0.353 e. The van der Waals surface area contributed by atoms with Crippen LogP contribution in [-0.4, -0.2) is 60.0 Å². The Morgan fingerprint density at radius 1 is 1.21 bits per heavy atom. The van der Waals surface area contributed by atoms with Gasteiger partial charge in [0.25, 0.3) is 0 Å². The van der Waals surface area contributed by atoms with Crippen LogP contribution in [-0.2, 0) is 11.2 Å². The van der Waals surface area contributed by atoms with Crippen LogP contribution < -0.4 is 10.2 Å². The number of amides is 1. The number of nitrogens with zero attached hydrogens (tertiary/aromatic N) is 4. The second-order valence-electron chi connectivity index (χ2n) is 9.64. The normalized spacial score (nSPS) is 21.2. The summed E-state index contributed by atoms with van der Waals surface area (Å²) in [5, 5.41) is 3.52. The van der Waals surface area contributed by atoms with Gasteiger partial charge >= 0.3 is 0 Å². The number of anilines is 1. The second kappa shape index (κ2) is 9.55. The van der Waals surface area contributed by atoms with Crippen molar-refractivity contribution in [2.45, 2.75) is 44.4 Å². The summed E-state index contributed by atoms with van der Waals surface area (Å²) in [5.41, 5.74) is 3.11. The minimum atomic E-state index is -0.481. The van der Waals surface area contributed by atoms with Crippen molar-refractivity contribution in [2.24, 2.45) is 5.92 Å². The predicted molar refractivity (Wildman–Crippen MR) is 127 cm³/mol. The molecule has 2 unspecified atom stereocenters. The van der Waals surface area contributed by atoms with Crippen molar-refractivity contribution >= 4 is 23.3 Å². The molecule has 2 atom stereocenters. The van der Waals surface area contributed by atoms with E-state index >= 15 is 0 Å². The van der Waals surface area contributed by atoms with Crippen LogP contribution in [0, 0.1) is 11.7 Å². The number of carbonyl (C=O) groups excluding carboxylic acids is 1. The van der Waals surface area contributed by atoms with Crippen LogP contribution in [0.4, 0.5) is 10.2 Å². The molecule has 1 saturated heterocycles. The predicted octanol–water partition coefficient (Wildman–Crippen LogP) is 3.75. The first-order chi connectivity index (χ1) is 16.0. The van der Waals surface area contributed by atoms with Crippen molar-refractivity contribution in [1.82, 2.24) is 20.2 Å². The molecule has 33 heavy (non-hydrogen) atoms. The van der Waals surface area contributed by atoms with Crippen LogP contribution in [0.15, 0.2) is 24.5 Å². The van der Waals surface area contributed by atoms with Gasteiger partial charge in [-0.1, -0.05) is 24.6 Å². The van der Waals surface area contributed by atoms with Crippen molar-refractivity contribution in [3.8, 4) is 0 Å². The Hall–Kier alpha value is -2.25. The van der Waals surface area contributed by atoms with Crippen LogP contribution in [0.1, 0.15) is 54.8 Å². The highest BCUT2D eigenvalue weighted by molar-refractivity contribution is 6.30. The van der Waals surface area contributed by atoms with Crippen LogP contribution in [0.2, 0.25) is 5.02 Å². The summed E-state index contributed by atoms with van der Waals surface area (Å²) < 4.78 is 14.2. The number of rotatable bonds is 7. The highest BCUT2D eigenvalue weighted by Gasteiger charge is 2.32. The van der Waals surface area contributed by atoms with Gasteiger partial charge in [0, 0.05) is 44.0 Å². The maximum Gasteiger partial charge on any atom is 0.231 e. The lowest BCUT2D eigenvalue weighted by atomic mass is 9.96. The van der Waals surface area contributed by atoms with E-state index in [9.17, 15) is 9.18 Å². The topological polar surface area (TPSA) is 61.4 Å². The van der Waals surface area contributed by atoms with Gasteiger partial charge < -0.3 is 15.1 Å². The molecule has 176 valence electrons. The molecular weight excluding hydrogens is 441 g/mol. The van der Waals surface area contributed by atoms with Gasteiger partial charge in [-0.25, -0.2) is 14.4 Å². The van der Waals surface area contributed by atoms with E-state index in [1.807, 2.05) is 4.90 Å². The minimum absolute atomic E-state index is 0.0425. The Kier molecular flexibility index (Phi) is 6.52. The molecular formula is C25H31ClFN5O. The average molecular weight is 472 g/mol. The molecule has 1 saturated carbocycles. The zero-order chi connectivity index (χ0) is 22.9. The molecule has 0 radical (unpaired) electrons. The number of nitrogens with one attached hydrogen (secondary N) is 1. The molecule has 1 aliphatic heterocycles. The Labute approximate surface area is 199 Å². The maximum absolute atomic E-state index is 14.2. The first kappa shape index (κ1) is 22.5. The highest BCUT2D eigenvalue weighted by atomic mass is 35.5. The first-order valence-corrected chi connectivity index (χ1v) is 12.4. The standard InChI is InChI=1S/C25H31ClFN5O/c1-16-2-7-22-23(16)24(30-15-29-22)31-8-10-32(11-9-31)25(33)19(14-28-13-17-3-4-17)18-5-6-20(26)21(27)12-18/h5-6,12,15-17,19,28H,2-4,7-11,13-14H2,1H3. The average Bonchev–Trinajstić information content (AvgIpc) is 3.58. The third-order valence-corrected chi connectivity index (χ3v) is 7.57. The molecule has 2 aromatic rings. The summed E-state index contributed by atoms with van der Waals surface area (Å²) in [4.78, 5) is 26.8. The fraction of sp³-hybridized carbons (Fsp3) is 0.560. The van der Waals surface area contributed by atoms with Gasteiger partial charge in [0.1, 0.15) is 18.0 Å². The Balaban J connectivity index is 1.28. The monoisotopic (exact) mass is 471 g/mol. The molecule has 1 N–H and O–H groups in total. The lowest BCUT2D eigenvalue weighted by molar-refractivity contribution is -0.133. The van der Waals surface area contributed by atoms with Crippen LogP contribution >= 0.6 is 11.6 Å². The Morgan fingerprint density at radius 2 is 2.00 bits per heavy atom. The minimum Gasteiger partial charge on any atom is -0.353 e. The number of aromatic nitrogens is 2. The van der Waals surface area contributed by atoms with E-state index < -0.39 is 11.7 Å². The number of halogens is 2. The molecule has 3 aliphatic rings. The number of benzene rings is 1. The van der Waals surface area contributed by atoms with Crippen molar-refractivity contribution in [3.05, 3.63) is 52.2 Å². The molecule has 0 spiro atoms. The number of aryl methyl sites for hydroxylation is 1. The van der Waals surface area contributed by atoms with E-state index in [-0.39, 0.29) is 10.9 Å². The van der Waals surface area contributed by atoms with Crippen LogP contribution in [0.5, 0.6) is 0 Å². The van der Waals surface area contributed by atoms with Gasteiger partial charge in [-0.2, -0.15) is 0 Å². The lowest BCUT2D eigenvalue weighted by Crippen LogP contribution is -2.51. The Morgan fingerprint density at radius 3 is 2.73 bits per heavy atom. The molecule has 1 aromatic heterocycles. The van der Waals surface area contributed by atoms with E-state index in [1.165, 1.54) is 24.5 Å². The maximum atomic E-state index is 14.2. The number of hydrogen-bond donors (Lipinski definition) is 1. The third-order valence-electron chi connectivity index (χ3n) is 7.27. The molecule has 2 aliphatic carbocycles. The SMILES string of the molecule is CC1CCc2ncnc(N3CCN(C(=O)C(CNCC4CC4)c4ccc(Cl)c(F)c4)CC3)c21. The second-order valence-corrected chi connectivity index (χ2v) is 10.0. The zero-order valence-corrected chi connectivity index (χ0v) is 19.8. The summed E-state index contributed by atoms with van der Waals surface area (Å²) >= 11 is 5.89. The van der Waals surface area contributed by atoms with Gasteiger partial charge in [0.05, 0.1) is 10.9 Å². The quantitative estimate of drug-likeness (QED) is 0.666. The van der Waals surface area contributed by atoms with Crippen molar-refractivity contribution in [1.29, 1.82) is 0 Å². The molecule has 0 bridgehead atoms. The van der Waals surface area contributed by atoms with Gasteiger partial charge in [-0.15, -0.1) is 0 Å². The van der Waals surface area contributed by atoms with E-state index in [0.717, 1.165) is 44.0 Å². The molecule has 1 aromatic carbocycles. The molecule has 8 heteroatoms. The summed E-state index contributed by atoms with van der Waals surface area (Å²) in [7, 11) is 0. The first-order valence-electron chi connectivity index (χ1n) is 12.0.